The number of para-hydroxylation sites is 1. The SMILES string of the molecule is CC(C)(CCN1CCCCc2ccccc21)C(=O)O. The Labute approximate surface area is 115 Å². The normalized spacial score (nSPS) is 15.8. The monoisotopic (exact) mass is 261 g/mol. The molecule has 0 amide bonds. The van der Waals surface area contributed by atoms with Crippen LogP contribution in [-0.2, 0) is 11.2 Å². The lowest BCUT2D eigenvalue weighted by atomic mass is 9.89. The molecular formula is C16H23NO2. The van der Waals surface area contributed by atoms with E-state index in [0.29, 0.717) is 6.42 Å². The van der Waals surface area contributed by atoms with Gasteiger partial charge in [0.1, 0.15) is 0 Å². The summed E-state index contributed by atoms with van der Waals surface area (Å²) in [5.41, 5.74) is 2.04. The van der Waals surface area contributed by atoms with Gasteiger partial charge in [-0.15, -0.1) is 0 Å². The molecule has 1 N–H and O–H groups in total. The highest BCUT2D eigenvalue weighted by Gasteiger charge is 2.28. The Morgan fingerprint density at radius 1 is 1.32 bits per heavy atom. The molecule has 0 bridgehead atoms. The predicted octanol–water partition coefficient (Wildman–Crippen LogP) is 3.33. The van der Waals surface area contributed by atoms with Crippen LogP contribution in [0.1, 0.15) is 38.7 Å². The Hall–Kier alpha value is -1.51. The third-order valence-electron chi connectivity index (χ3n) is 4.04. The van der Waals surface area contributed by atoms with Crippen molar-refractivity contribution in [1.29, 1.82) is 0 Å². The van der Waals surface area contributed by atoms with Crippen LogP contribution in [0.25, 0.3) is 0 Å². The minimum atomic E-state index is -0.712. The number of aryl methyl sites for hydroxylation is 1. The number of nitrogens with zero attached hydrogens (tertiary/aromatic N) is 1. The van der Waals surface area contributed by atoms with Gasteiger partial charge in [-0.3, -0.25) is 4.79 Å². The van der Waals surface area contributed by atoms with Crippen molar-refractivity contribution in [2.75, 3.05) is 18.0 Å². The molecule has 0 saturated carbocycles. The summed E-state index contributed by atoms with van der Waals surface area (Å²) in [7, 11) is 0. The first-order chi connectivity index (χ1) is 9.00. The molecule has 0 saturated heterocycles. The van der Waals surface area contributed by atoms with Gasteiger partial charge in [-0.25, -0.2) is 0 Å². The Morgan fingerprint density at radius 2 is 2.05 bits per heavy atom. The summed E-state index contributed by atoms with van der Waals surface area (Å²) >= 11 is 0. The van der Waals surface area contributed by atoms with Crippen LogP contribution in [0.4, 0.5) is 5.69 Å². The molecular weight excluding hydrogens is 238 g/mol. The van der Waals surface area contributed by atoms with Crippen molar-refractivity contribution in [3.05, 3.63) is 29.8 Å². The van der Waals surface area contributed by atoms with Gasteiger partial charge in [0.2, 0.25) is 0 Å². The highest BCUT2D eigenvalue weighted by atomic mass is 16.4. The van der Waals surface area contributed by atoms with Gasteiger partial charge in [0, 0.05) is 18.8 Å². The number of aliphatic carboxylic acids is 1. The van der Waals surface area contributed by atoms with Crippen molar-refractivity contribution >= 4 is 11.7 Å². The van der Waals surface area contributed by atoms with Crippen LogP contribution in [0.5, 0.6) is 0 Å². The fourth-order valence-corrected chi connectivity index (χ4v) is 2.52. The zero-order chi connectivity index (χ0) is 13.9. The lowest BCUT2D eigenvalue weighted by molar-refractivity contribution is -0.147. The number of carbonyl (C=O) groups is 1. The van der Waals surface area contributed by atoms with Crippen molar-refractivity contribution < 1.29 is 9.90 Å². The molecule has 2 rings (SSSR count). The summed E-state index contributed by atoms with van der Waals surface area (Å²) in [5, 5.41) is 9.20. The number of benzene rings is 1. The number of carboxylic acid groups (broad SMARTS) is 1. The maximum Gasteiger partial charge on any atom is 0.309 e. The molecule has 1 aromatic carbocycles. The molecule has 1 heterocycles. The van der Waals surface area contributed by atoms with Gasteiger partial charge in [0.05, 0.1) is 5.41 Å². The average Bonchev–Trinajstić information content (AvgIpc) is 2.58. The van der Waals surface area contributed by atoms with Crippen molar-refractivity contribution in [1.82, 2.24) is 0 Å². The van der Waals surface area contributed by atoms with Crippen LogP contribution >= 0.6 is 0 Å². The van der Waals surface area contributed by atoms with E-state index in [2.05, 4.69) is 29.2 Å². The molecule has 3 nitrogen and oxygen atoms in total. The Balaban J connectivity index is 2.10. The molecule has 0 spiro atoms. The van der Waals surface area contributed by atoms with E-state index in [0.717, 1.165) is 19.5 Å². The van der Waals surface area contributed by atoms with Gasteiger partial charge in [-0.1, -0.05) is 18.2 Å². The highest BCUT2D eigenvalue weighted by Crippen LogP contribution is 2.28. The van der Waals surface area contributed by atoms with Gasteiger partial charge in [-0.2, -0.15) is 0 Å². The second kappa shape index (κ2) is 5.64. The van der Waals surface area contributed by atoms with E-state index in [1.807, 2.05) is 0 Å². The Kier molecular flexibility index (Phi) is 4.13. The fourth-order valence-electron chi connectivity index (χ4n) is 2.52. The van der Waals surface area contributed by atoms with E-state index < -0.39 is 11.4 Å². The minimum absolute atomic E-state index is 0.652. The molecule has 0 unspecified atom stereocenters. The lowest BCUT2D eigenvalue weighted by Crippen LogP contribution is -2.32. The molecule has 19 heavy (non-hydrogen) atoms. The number of fused-ring (bicyclic) bond motifs is 1. The zero-order valence-electron chi connectivity index (χ0n) is 11.9. The van der Waals surface area contributed by atoms with Crippen molar-refractivity contribution in [2.45, 2.75) is 39.5 Å². The van der Waals surface area contributed by atoms with Gasteiger partial charge in [0.15, 0.2) is 0 Å². The molecule has 0 aromatic heterocycles. The van der Waals surface area contributed by atoms with Crippen LogP contribution in [0, 0.1) is 5.41 Å². The first-order valence-corrected chi connectivity index (χ1v) is 7.07. The maximum absolute atomic E-state index is 11.2. The van der Waals surface area contributed by atoms with Gasteiger partial charge < -0.3 is 10.0 Å². The number of anilines is 1. The third-order valence-corrected chi connectivity index (χ3v) is 4.04. The number of hydrogen-bond acceptors (Lipinski definition) is 2. The molecule has 0 atom stereocenters. The molecule has 3 heteroatoms. The van der Waals surface area contributed by atoms with E-state index >= 15 is 0 Å². The summed E-state index contributed by atoms with van der Waals surface area (Å²) in [6.07, 6.45) is 4.21. The van der Waals surface area contributed by atoms with Crippen molar-refractivity contribution in [3.8, 4) is 0 Å². The van der Waals surface area contributed by atoms with E-state index in [1.54, 1.807) is 13.8 Å². The average molecular weight is 261 g/mol. The van der Waals surface area contributed by atoms with Gasteiger partial charge in [-0.05, 0) is 51.2 Å². The van der Waals surface area contributed by atoms with Crippen LogP contribution in [0.15, 0.2) is 24.3 Å². The topological polar surface area (TPSA) is 40.5 Å². The Morgan fingerprint density at radius 3 is 2.79 bits per heavy atom. The second-order valence-electron chi connectivity index (χ2n) is 6.01. The highest BCUT2D eigenvalue weighted by molar-refractivity contribution is 5.73. The van der Waals surface area contributed by atoms with Crippen LogP contribution in [0.2, 0.25) is 0 Å². The summed E-state index contributed by atoms with van der Waals surface area (Å²) in [5.74, 6) is -0.712. The number of rotatable bonds is 4. The number of hydrogen-bond donors (Lipinski definition) is 1. The van der Waals surface area contributed by atoms with E-state index in [9.17, 15) is 9.90 Å². The molecule has 104 valence electrons. The molecule has 1 aliphatic rings. The lowest BCUT2D eigenvalue weighted by Gasteiger charge is -2.28. The summed E-state index contributed by atoms with van der Waals surface area (Å²) in [6, 6.07) is 8.51. The first-order valence-electron chi connectivity index (χ1n) is 7.07. The van der Waals surface area contributed by atoms with Crippen LogP contribution in [-0.4, -0.2) is 24.2 Å². The van der Waals surface area contributed by atoms with Gasteiger partial charge >= 0.3 is 5.97 Å². The molecule has 0 fully saturated rings. The largest absolute Gasteiger partial charge is 0.481 e. The summed E-state index contributed by atoms with van der Waals surface area (Å²) < 4.78 is 0. The quantitative estimate of drug-likeness (QED) is 0.903. The van der Waals surface area contributed by atoms with E-state index in [1.165, 1.54) is 24.1 Å². The second-order valence-corrected chi connectivity index (χ2v) is 6.01. The molecule has 1 aromatic rings. The van der Waals surface area contributed by atoms with E-state index in [-0.39, 0.29) is 0 Å². The zero-order valence-corrected chi connectivity index (χ0v) is 11.9. The first kappa shape index (κ1) is 13.9. The summed E-state index contributed by atoms with van der Waals surface area (Å²) in [6.45, 7) is 5.46. The maximum atomic E-state index is 11.2. The van der Waals surface area contributed by atoms with Gasteiger partial charge in [0.25, 0.3) is 0 Å². The van der Waals surface area contributed by atoms with Crippen molar-refractivity contribution in [3.63, 3.8) is 0 Å². The third kappa shape index (κ3) is 3.28. The number of carboxylic acids is 1. The van der Waals surface area contributed by atoms with E-state index in [4.69, 9.17) is 0 Å². The Bertz CT molecular complexity index is 454. The predicted molar refractivity (Wildman–Crippen MR) is 77.6 cm³/mol. The fraction of sp³-hybridized carbons (Fsp3) is 0.562. The van der Waals surface area contributed by atoms with Crippen molar-refractivity contribution in [2.24, 2.45) is 5.41 Å². The van der Waals surface area contributed by atoms with Crippen LogP contribution in [0.3, 0.4) is 0 Å². The minimum Gasteiger partial charge on any atom is -0.481 e. The van der Waals surface area contributed by atoms with Crippen LogP contribution < -0.4 is 4.90 Å². The smallest absolute Gasteiger partial charge is 0.309 e. The molecule has 0 radical (unpaired) electrons. The standard InChI is InChI=1S/C16H23NO2/c1-16(2,15(18)19)10-12-17-11-6-5-8-13-7-3-4-9-14(13)17/h3-4,7,9H,5-6,8,10-12H2,1-2H3,(H,18,19). The molecule has 0 aliphatic carbocycles. The molecule has 1 aliphatic heterocycles. The summed E-state index contributed by atoms with van der Waals surface area (Å²) in [4.78, 5) is 13.5.